The molecule has 38 heteroatoms. The summed E-state index contributed by atoms with van der Waals surface area (Å²) in [7, 11) is 0.0654. The molecule has 12 aromatic rings. The number of hydrogen-bond donors (Lipinski definition) is 6. The zero-order valence-corrected chi connectivity index (χ0v) is 81.3. The van der Waals surface area contributed by atoms with Gasteiger partial charge in [-0.2, -0.15) is 20.4 Å². The number of aliphatic carboxylic acids is 1. The number of esters is 2. The molecule has 2 aliphatic carbocycles. The Hall–Kier alpha value is -13.0. The van der Waals surface area contributed by atoms with E-state index < -0.39 is 61.7 Å². The zero-order valence-electron chi connectivity index (χ0n) is 78.3. The third-order valence-corrected chi connectivity index (χ3v) is 21.6. The van der Waals surface area contributed by atoms with Gasteiger partial charge in [0.05, 0.1) is 110 Å². The van der Waals surface area contributed by atoms with Crippen LogP contribution in [0.1, 0.15) is 134 Å². The number of carbonyl (C=O) groups is 7. The van der Waals surface area contributed by atoms with E-state index in [2.05, 4.69) is 79.1 Å². The van der Waals surface area contributed by atoms with Crippen LogP contribution in [0.5, 0.6) is 28.7 Å². The van der Waals surface area contributed by atoms with Crippen LogP contribution in [0.15, 0.2) is 268 Å². The number of para-hydroxylation sites is 8. The quantitative estimate of drug-likeness (QED) is 0.0289. The molecule has 6 aliphatic rings. The SMILES string of the molecule is C.C.C.C.CC(=O)OB(OC(C)=O)OC(C)=O.CCOC(=O)C1CN(Cc2ccc(-n3cccn3)cc2)c2ccccc2O1.CCOC(=O)C1CNc2ccccc2O1.COc1ccc(-n2cccn2)cc1.N[C@H]1CCCC[C@@H]1O.O=C(N[C@H]1CCCC[C@@H]1O)C1CN(Cc2ccc(-n3cccn3)cc2)c2ccccc2O1.O=C(O)C1CN(Cc2ccc(-n3cccn3)cc2)c2ccccc2O1.[H-].[Na+].[Na+].[OH-]. The Bertz CT molecular complexity index is 5630. The van der Waals surface area contributed by atoms with Crippen molar-refractivity contribution in [1.82, 2.24) is 44.4 Å². The van der Waals surface area contributed by atoms with Crippen molar-refractivity contribution in [2.45, 2.75) is 184 Å². The number of aliphatic hydroxyl groups is 2. The molecule has 18 rings (SSSR count). The van der Waals surface area contributed by atoms with Crippen LogP contribution in [0.25, 0.3) is 22.7 Å². The van der Waals surface area contributed by atoms with Crippen LogP contribution in [0.4, 0.5) is 22.7 Å². The van der Waals surface area contributed by atoms with Gasteiger partial charge in [-0.1, -0.05) is 140 Å². The molecule has 0 spiro atoms. The number of amides is 1. The van der Waals surface area contributed by atoms with E-state index in [4.69, 9.17) is 44.0 Å². The molecule has 140 heavy (non-hydrogen) atoms. The van der Waals surface area contributed by atoms with Gasteiger partial charge >= 0.3 is 84.3 Å². The standard InChI is InChI=1S/C25H28N4O3.C21H21N3O3.C19H17N3O3.C11H13NO3.C10H10N2O.C6H9BO6.C6H13NO.4CH4.2Na.H2O.H/c30-22-8-3-1-6-20(22)27-25(31)24-17-28(21-7-2-4-9-23(21)32-24)16-18-10-12-19(13-11-18)29-15-5-14-26-29;1-2-26-21(25)20-15-23(18-6-3-4-7-19(18)27-20)14-16-8-10-17(11-9-16)24-13-5-12-22-24;23-19(24)18-13-21(16-4-1-2-5-17(16)25-18)12-14-6-8-15(9-7-14)22-11-3-10-20-22;1-2-14-11(13)10-7-12-8-5-3-4-6-9(8)15-10;1-13-10-5-3-9(4-6-10)12-8-2-7-11-12;1-4(8)11-7(12-5(2)9)13-6(3)10;7-5-3-1-2-4-6(5)8;;;;;;;;/h2,4-5,7,9-15,20,22,24,30H,1,3,6,8,16-17H2,(H,27,31);3-13,20H,2,14-15H2,1H3;1-11,18H,12-13H2,(H,23,24);3-6,10,12H,2,7H2,1H3;2-8H,1H3;1-3H3;5-6,8H,1-4,7H2;4*1H4;;;1H2;/q;;;;;;;;;;;2*+1;;-1/p-1/t20-,22-,24?;;;;;;5-,6-;;;;;;;;/m0.....0......../s1. The van der Waals surface area contributed by atoms with Gasteiger partial charge in [0, 0.05) is 96.0 Å². The zero-order chi connectivity index (χ0) is 94.0. The number of aliphatic hydroxyl groups excluding tert-OH is 2. The summed E-state index contributed by atoms with van der Waals surface area (Å²) >= 11 is 0. The number of ether oxygens (including phenoxy) is 7. The van der Waals surface area contributed by atoms with E-state index >= 15 is 0 Å². The minimum atomic E-state index is -1.59. The van der Waals surface area contributed by atoms with Gasteiger partial charge in [-0.25, -0.2) is 33.1 Å². The van der Waals surface area contributed by atoms with E-state index in [-0.39, 0.29) is 132 Å². The molecule has 2 saturated carbocycles. The van der Waals surface area contributed by atoms with Crippen molar-refractivity contribution in [2.24, 2.45) is 5.73 Å². The number of fused-ring (bicyclic) bond motifs is 4. The first-order chi connectivity index (χ1) is 64.5. The third kappa shape index (κ3) is 35.1. The van der Waals surface area contributed by atoms with Gasteiger partial charge in [-0.3, -0.25) is 19.2 Å². The Labute approximate surface area is 864 Å². The van der Waals surface area contributed by atoms with Crippen LogP contribution in [0, 0.1) is 0 Å². The maximum Gasteiger partial charge on any atom is 1.00 e. The normalized spacial score (nSPS) is 17.1. The predicted octanol–water partition coefficient (Wildman–Crippen LogP) is 8.69. The fourth-order valence-electron chi connectivity index (χ4n) is 15.0. The molecule has 4 unspecified atom stereocenters. The van der Waals surface area contributed by atoms with E-state index in [1.54, 1.807) is 61.2 Å². The molecule has 1 amide bonds. The summed E-state index contributed by atoms with van der Waals surface area (Å²) in [5.74, 6) is -0.339. The second-order valence-electron chi connectivity index (χ2n) is 31.3. The summed E-state index contributed by atoms with van der Waals surface area (Å²) < 4.78 is 58.4. The van der Waals surface area contributed by atoms with Crippen molar-refractivity contribution < 1.29 is 162 Å². The number of nitrogens with one attached hydrogen (secondary N) is 2. The van der Waals surface area contributed by atoms with E-state index in [1.807, 2.05) is 227 Å². The minimum absolute atomic E-state index is 0. The minimum Gasteiger partial charge on any atom is -1.00 e. The number of carboxylic acid groups (broad SMARTS) is 1. The van der Waals surface area contributed by atoms with Crippen molar-refractivity contribution in [2.75, 3.05) is 66.5 Å². The monoisotopic (exact) mass is 1940 g/mol. The molecular formula is C102H129BN14Na2O21. The fourth-order valence-corrected chi connectivity index (χ4v) is 15.0. The van der Waals surface area contributed by atoms with Crippen molar-refractivity contribution in [3.8, 4) is 51.5 Å². The summed E-state index contributed by atoms with van der Waals surface area (Å²) in [5.41, 5.74) is 16.7. The van der Waals surface area contributed by atoms with Crippen molar-refractivity contribution >= 4 is 71.8 Å². The molecule has 0 saturated heterocycles. The van der Waals surface area contributed by atoms with Crippen LogP contribution in [-0.4, -0.2) is 204 Å². The van der Waals surface area contributed by atoms with Gasteiger partial charge < -0.3 is 100 Å². The van der Waals surface area contributed by atoms with Crippen molar-refractivity contribution in [3.63, 3.8) is 0 Å². The number of nitrogens with zero attached hydrogens (tertiary/aromatic N) is 11. The topological polar surface area (TPSA) is 434 Å². The van der Waals surface area contributed by atoms with Gasteiger partial charge in [0.25, 0.3) is 23.8 Å². The first kappa shape index (κ1) is 117. The number of rotatable bonds is 21. The molecule has 8 aromatic carbocycles. The summed E-state index contributed by atoms with van der Waals surface area (Å²) in [4.78, 5) is 85.6. The number of benzene rings is 8. The Kier molecular flexibility index (Phi) is 50.4. The first-order valence-corrected chi connectivity index (χ1v) is 44.0. The second kappa shape index (κ2) is 60.1. The summed E-state index contributed by atoms with van der Waals surface area (Å²) in [6, 6.07) is 70.4. The smallest absolute Gasteiger partial charge is 1.00 e. The average Bonchev–Trinajstić information content (AvgIpc) is 1.76. The van der Waals surface area contributed by atoms with Crippen LogP contribution < -0.4 is 114 Å². The van der Waals surface area contributed by atoms with Crippen molar-refractivity contribution in [3.05, 3.63) is 285 Å². The van der Waals surface area contributed by atoms with E-state index in [0.29, 0.717) is 82.0 Å². The number of carbonyl (C=O) groups excluding carboxylic acids is 6. The fraction of sp³-hybridized carbons (Fsp3) is 0.343. The number of methoxy groups -OCH3 is 1. The summed E-state index contributed by atoms with van der Waals surface area (Å²) in [5, 5.41) is 51.6. The van der Waals surface area contributed by atoms with E-state index in [1.165, 1.54) is 6.42 Å². The molecule has 0 bridgehead atoms. The molecule has 0 radical (unpaired) electrons. The molecule has 4 aliphatic heterocycles. The average molecular weight is 1940 g/mol. The Morgan fingerprint density at radius 1 is 0.443 bits per heavy atom. The maximum atomic E-state index is 13.0. The Balaban J connectivity index is 0.000000353. The first-order valence-electron chi connectivity index (χ1n) is 44.0. The molecule has 8 atom stereocenters. The predicted molar refractivity (Wildman–Crippen MR) is 527 cm³/mol. The largest absolute Gasteiger partial charge is 1.00 e. The molecule has 8 N–H and O–H groups in total. The van der Waals surface area contributed by atoms with Gasteiger partial charge in [0.15, 0.2) is 6.10 Å². The number of carboxylic acids is 1. The molecular weight excluding hydrogens is 1810 g/mol. The number of hydrogen-bond acceptors (Lipinski definition) is 29. The molecule has 8 heterocycles. The van der Waals surface area contributed by atoms with Crippen LogP contribution in [-0.2, 0) is 76.6 Å². The van der Waals surface area contributed by atoms with Gasteiger partial charge in [-0.15, -0.1) is 0 Å². The third-order valence-electron chi connectivity index (χ3n) is 21.6. The molecule has 2 fully saturated rings. The number of anilines is 4. The van der Waals surface area contributed by atoms with Gasteiger partial charge in [-0.05, 0) is 190 Å². The second-order valence-corrected chi connectivity index (χ2v) is 31.3. The van der Waals surface area contributed by atoms with E-state index in [0.717, 1.165) is 134 Å². The Morgan fingerprint density at radius 2 is 0.779 bits per heavy atom. The van der Waals surface area contributed by atoms with Crippen molar-refractivity contribution in [1.29, 1.82) is 0 Å². The van der Waals surface area contributed by atoms with Crippen LogP contribution >= 0.6 is 0 Å². The summed E-state index contributed by atoms with van der Waals surface area (Å²) in [6.07, 6.45) is 19.1. The van der Waals surface area contributed by atoms with Crippen LogP contribution in [0.3, 0.4) is 0 Å². The number of aromatic nitrogens is 8. The van der Waals surface area contributed by atoms with Gasteiger partial charge in [0.2, 0.25) is 18.3 Å². The molecule has 738 valence electrons. The Morgan fingerprint density at radius 3 is 1.14 bits per heavy atom. The molecule has 35 nitrogen and oxygen atoms in total. The number of nitrogens with two attached hydrogens (primary N) is 1. The maximum absolute atomic E-state index is 13.0. The van der Waals surface area contributed by atoms with Gasteiger partial charge in [0.1, 0.15) is 28.7 Å². The van der Waals surface area contributed by atoms with E-state index in [9.17, 15) is 43.8 Å². The summed E-state index contributed by atoms with van der Waals surface area (Å²) in [6.45, 7) is 11.2. The van der Waals surface area contributed by atoms with Crippen LogP contribution in [0.2, 0.25) is 0 Å². The molecule has 4 aromatic heterocycles.